The Balaban J connectivity index is 2.08. The number of nitrogens with zero attached hydrogens (tertiary/aromatic N) is 1. The fourth-order valence-corrected chi connectivity index (χ4v) is 2.36. The first kappa shape index (κ1) is 12.7. The molecule has 1 fully saturated rings. The van der Waals surface area contributed by atoms with Gasteiger partial charge in [0.25, 0.3) is 0 Å². The molecule has 0 unspecified atom stereocenters. The zero-order valence-electron chi connectivity index (χ0n) is 10.3. The molecule has 1 aliphatic rings. The molecule has 0 saturated carbocycles. The quantitative estimate of drug-likeness (QED) is 0.709. The Labute approximate surface area is 107 Å². The Kier molecular flexibility index (Phi) is 4.04. The van der Waals surface area contributed by atoms with Gasteiger partial charge in [-0.05, 0) is 43.6 Å². The number of piperidine rings is 1. The molecular formula is C13H19N3O2. The first-order valence-corrected chi connectivity index (χ1v) is 6.21. The van der Waals surface area contributed by atoms with Gasteiger partial charge in [-0.1, -0.05) is 12.1 Å². The summed E-state index contributed by atoms with van der Waals surface area (Å²) >= 11 is 0. The van der Waals surface area contributed by atoms with Gasteiger partial charge in [0.2, 0.25) is 0 Å². The zero-order valence-corrected chi connectivity index (χ0v) is 10.3. The highest BCUT2D eigenvalue weighted by molar-refractivity contribution is 5.65. The third kappa shape index (κ3) is 3.13. The normalized spacial score (nSPS) is 16.4. The number of benzene rings is 1. The lowest BCUT2D eigenvalue weighted by Gasteiger charge is -2.32. The molecule has 0 aliphatic carbocycles. The van der Waals surface area contributed by atoms with Gasteiger partial charge >= 0.3 is 6.09 Å². The van der Waals surface area contributed by atoms with E-state index in [2.05, 4.69) is 5.32 Å². The number of amides is 1. The fourth-order valence-electron chi connectivity index (χ4n) is 2.36. The second-order valence-corrected chi connectivity index (χ2v) is 4.64. The molecule has 0 bridgehead atoms. The number of hydrogen-bond acceptors (Lipinski definition) is 3. The van der Waals surface area contributed by atoms with Crippen LogP contribution in [0, 0.1) is 0 Å². The van der Waals surface area contributed by atoms with Crippen LogP contribution in [-0.2, 0) is 6.54 Å². The van der Waals surface area contributed by atoms with Crippen LogP contribution in [-0.4, -0.2) is 35.2 Å². The number of carboxylic acid groups (broad SMARTS) is 1. The van der Waals surface area contributed by atoms with Gasteiger partial charge in [0, 0.05) is 18.3 Å². The molecule has 1 aliphatic heterocycles. The van der Waals surface area contributed by atoms with E-state index in [1.54, 1.807) is 6.07 Å². The third-order valence-corrected chi connectivity index (χ3v) is 3.30. The molecule has 4 N–H and O–H groups in total. The van der Waals surface area contributed by atoms with Gasteiger partial charge in [-0.2, -0.15) is 0 Å². The highest BCUT2D eigenvalue weighted by atomic mass is 16.4. The SMILES string of the molecule is Nc1cccc(CN(C(=O)O)C2CCNCC2)c1. The lowest BCUT2D eigenvalue weighted by molar-refractivity contribution is 0.109. The van der Waals surface area contributed by atoms with Crippen molar-refractivity contribution in [2.75, 3.05) is 18.8 Å². The molecule has 5 heteroatoms. The van der Waals surface area contributed by atoms with Gasteiger partial charge < -0.3 is 21.1 Å². The molecule has 1 aromatic rings. The molecule has 0 atom stereocenters. The van der Waals surface area contributed by atoms with E-state index < -0.39 is 6.09 Å². The van der Waals surface area contributed by atoms with E-state index in [1.807, 2.05) is 18.2 Å². The Morgan fingerprint density at radius 2 is 2.17 bits per heavy atom. The van der Waals surface area contributed by atoms with Crippen LogP contribution < -0.4 is 11.1 Å². The average molecular weight is 249 g/mol. The molecule has 5 nitrogen and oxygen atoms in total. The molecule has 1 saturated heterocycles. The maximum atomic E-state index is 11.4. The molecule has 1 heterocycles. The van der Waals surface area contributed by atoms with Crippen molar-refractivity contribution in [1.82, 2.24) is 10.2 Å². The molecule has 0 aromatic heterocycles. The largest absolute Gasteiger partial charge is 0.465 e. The molecule has 1 aromatic carbocycles. The van der Waals surface area contributed by atoms with Crippen LogP contribution in [0.4, 0.5) is 10.5 Å². The summed E-state index contributed by atoms with van der Waals surface area (Å²) in [4.78, 5) is 12.9. The van der Waals surface area contributed by atoms with Crippen molar-refractivity contribution in [3.05, 3.63) is 29.8 Å². The van der Waals surface area contributed by atoms with Crippen molar-refractivity contribution in [2.24, 2.45) is 0 Å². The Morgan fingerprint density at radius 1 is 1.44 bits per heavy atom. The van der Waals surface area contributed by atoms with E-state index in [-0.39, 0.29) is 6.04 Å². The number of rotatable bonds is 3. The predicted octanol–water partition coefficient (Wildman–Crippen LogP) is 1.50. The van der Waals surface area contributed by atoms with E-state index in [9.17, 15) is 9.90 Å². The minimum Gasteiger partial charge on any atom is -0.465 e. The minimum absolute atomic E-state index is 0.102. The second-order valence-electron chi connectivity index (χ2n) is 4.64. The van der Waals surface area contributed by atoms with Crippen LogP contribution in [0.3, 0.4) is 0 Å². The molecular weight excluding hydrogens is 230 g/mol. The van der Waals surface area contributed by atoms with Crippen molar-refractivity contribution in [3.8, 4) is 0 Å². The number of carbonyl (C=O) groups is 1. The third-order valence-electron chi connectivity index (χ3n) is 3.30. The first-order chi connectivity index (χ1) is 8.66. The standard InChI is InChI=1S/C13H19N3O2/c14-11-3-1-2-10(8-11)9-16(13(17)18)12-4-6-15-7-5-12/h1-3,8,12,15H,4-7,9,14H2,(H,17,18). The second kappa shape index (κ2) is 5.73. The lowest BCUT2D eigenvalue weighted by atomic mass is 10.0. The van der Waals surface area contributed by atoms with Gasteiger partial charge in [-0.25, -0.2) is 4.79 Å². The molecule has 18 heavy (non-hydrogen) atoms. The van der Waals surface area contributed by atoms with Crippen LogP contribution in [0.2, 0.25) is 0 Å². The Hall–Kier alpha value is -1.75. The smallest absolute Gasteiger partial charge is 0.407 e. The summed E-state index contributed by atoms with van der Waals surface area (Å²) in [5.74, 6) is 0. The topological polar surface area (TPSA) is 78.6 Å². The van der Waals surface area contributed by atoms with Crippen LogP contribution in [0.5, 0.6) is 0 Å². The van der Waals surface area contributed by atoms with Crippen molar-refractivity contribution in [1.29, 1.82) is 0 Å². The fraction of sp³-hybridized carbons (Fsp3) is 0.462. The number of nitrogens with one attached hydrogen (secondary N) is 1. The molecule has 1 amide bonds. The van der Waals surface area contributed by atoms with Gasteiger partial charge in [-0.3, -0.25) is 0 Å². The average Bonchev–Trinajstić information content (AvgIpc) is 2.37. The summed E-state index contributed by atoms with van der Waals surface area (Å²) in [6.45, 7) is 2.17. The summed E-state index contributed by atoms with van der Waals surface area (Å²) in [5.41, 5.74) is 7.32. The Bertz CT molecular complexity index is 416. The molecule has 2 rings (SSSR count). The maximum absolute atomic E-state index is 11.4. The van der Waals surface area contributed by atoms with Crippen LogP contribution in [0.15, 0.2) is 24.3 Å². The first-order valence-electron chi connectivity index (χ1n) is 6.21. The summed E-state index contributed by atoms with van der Waals surface area (Å²) in [5, 5.41) is 12.6. The number of nitrogen functional groups attached to an aromatic ring is 1. The van der Waals surface area contributed by atoms with Crippen molar-refractivity contribution in [2.45, 2.75) is 25.4 Å². The molecule has 0 spiro atoms. The minimum atomic E-state index is -0.857. The lowest BCUT2D eigenvalue weighted by Crippen LogP contribution is -2.45. The predicted molar refractivity (Wildman–Crippen MR) is 70.3 cm³/mol. The summed E-state index contributed by atoms with van der Waals surface area (Å²) in [6.07, 6.45) is 0.882. The van der Waals surface area contributed by atoms with E-state index in [0.717, 1.165) is 31.5 Å². The van der Waals surface area contributed by atoms with Gasteiger partial charge in [0.05, 0.1) is 0 Å². The Morgan fingerprint density at radius 3 is 2.78 bits per heavy atom. The summed E-state index contributed by atoms with van der Waals surface area (Å²) < 4.78 is 0. The van der Waals surface area contributed by atoms with E-state index in [4.69, 9.17) is 5.73 Å². The number of anilines is 1. The number of hydrogen-bond donors (Lipinski definition) is 3. The van der Waals surface area contributed by atoms with Gasteiger partial charge in [0.15, 0.2) is 0 Å². The van der Waals surface area contributed by atoms with Gasteiger partial charge in [0.1, 0.15) is 0 Å². The van der Waals surface area contributed by atoms with Crippen LogP contribution in [0.1, 0.15) is 18.4 Å². The van der Waals surface area contributed by atoms with Crippen molar-refractivity contribution in [3.63, 3.8) is 0 Å². The van der Waals surface area contributed by atoms with Crippen molar-refractivity contribution < 1.29 is 9.90 Å². The highest BCUT2D eigenvalue weighted by Gasteiger charge is 2.24. The highest BCUT2D eigenvalue weighted by Crippen LogP contribution is 2.17. The van der Waals surface area contributed by atoms with Crippen molar-refractivity contribution >= 4 is 11.8 Å². The molecule has 98 valence electrons. The van der Waals surface area contributed by atoms with Crippen LogP contribution in [0.25, 0.3) is 0 Å². The van der Waals surface area contributed by atoms with E-state index in [1.165, 1.54) is 4.90 Å². The maximum Gasteiger partial charge on any atom is 0.407 e. The van der Waals surface area contributed by atoms with E-state index in [0.29, 0.717) is 12.2 Å². The summed E-state index contributed by atoms with van der Waals surface area (Å²) in [7, 11) is 0. The monoisotopic (exact) mass is 249 g/mol. The van der Waals surface area contributed by atoms with Gasteiger partial charge in [-0.15, -0.1) is 0 Å². The summed E-state index contributed by atoms with van der Waals surface area (Å²) in [6, 6.07) is 7.50. The zero-order chi connectivity index (χ0) is 13.0. The van der Waals surface area contributed by atoms with E-state index >= 15 is 0 Å². The molecule has 0 radical (unpaired) electrons. The number of nitrogens with two attached hydrogens (primary N) is 1. The van der Waals surface area contributed by atoms with Crippen LogP contribution >= 0.6 is 0 Å².